The fraction of sp³-hybridized carbons (Fsp3) is 0.381. The molecule has 28 heavy (non-hydrogen) atoms. The molecule has 0 saturated carbocycles. The van der Waals surface area contributed by atoms with Crippen molar-refractivity contribution in [2.24, 2.45) is 0 Å². The molecular weight excluding hydrogens is 404 g/mol. The second kappa shape index (κ2) is 9.99. The number of alkyl halides is 1. The molecule has 2 aromatic carbocycles. The van der Waals surface area contributed by atoms with E-state index in [9.17, 15) is 14.3 Å². The van der Waals surface area contributed by atoms with Crippen molar-refractivity contribution in [1.29, 1.82) is 0 Å². The summed E-state index contributed by atoms with van der Waals surface area (Å²) in [4.78, 5) is 13.1. The molecule has 0 saturated heterocycles. The molecule has 0 bridgehead atoms. The average Bonchev–Trinajstić information content (AvgIpc) is 2.63. The largest absolute Gasteiger partial charge is 0.508 e. The number of carbonyl (C=O) groups is 1. The van der Waals surface area contributed by atoms with Crippen molar-refractivity contribution in [2.75, 3.05) is 26.9 Å². The monoisotopic (exact) mass is 427 g/mol. The Bertz CT molecular complexity index is 819. The molecule has 0 aliphatic rings. The van der Waals surface area contributed by atoms with Crippen LogP contribution >= 0.6 is 23.2 Å². The van der Waals surface area contributed by atoms with E-state index in [1.54, 1.807) is 18.2 Å². The minimum Gasteiger partial charge on any atom is -0.508 e. The molecule has 7 heteroatoms. The second-order valence-corrected chi connectivity index (χ2v) is 7.70. The summed E-state index contributed by atoms with van der Waals surface area (Å²) in [5, 5.41) is 10.8. The number of rotatable bonds is 8. The number of hydrogen-bond acceptors (Lipinski definition) is 3. The van der Waals surface area contributed by atoms with Crippen molar-refractivity contribution in [3.8, 4) is 11.5 Å². The molecular formula is C21H24Cl2FNO3. The predicted molar refractivity (Wildman–Crippen MR) is 111 cm³/mol. The summed E-state index contributed by atoms with van der Waals surface area (Å²) < 4.78 is 17.8. The van der Waals surface area contributed by atoms with E-state index < -0.39 is 6.67 Å². The van der Waals surface area contributed by atoms with E-state index in [4.69, 9.17) is 27.9 Å². The smallest absolute Gasteiger partial charge is 0.260 e. The first-order chi connectivity index (χ1) is 13.2. The van der Waals surface area contributed by atoms with E-state index in [0.29, 0.717) is 22.2 Å². The Morgan fingerprint density at radius 1 is 1.21 bits per heavy atom. The van der Waals surface area contributed by atoms with Gasteiger partial charge in [0, 0.05) is 30.1 Å². The van der Waals surface area contributed by atoms with Crippen molar-refractivity contribution in [3.05, 3.63) is 57.1 Å². The van der Waals surface area contributed by atoms with Crippen molar-refractivity contribution < 1.29 is 19.0 Å². The van der Waals surface area contributed by atoms with Crippen LogP contribution in [0.1, 0.15) is 36.5 Å². The first kappa shape index (κ1) is 22.3. The minimum absolute atomic E-state index is 0.0215. The molecule has 4 nitrogen and oxygen atoms in total. The first-order valence-corrected chi connectivity index (χ1v) is 9.71. The standard InChI is InChI=1S/C21H24Cl2FNO3/c1-13(2)16-8-14(4-5-20(16)26)9-17-18(22)10-15(11-19(17)23)28-12-21(27)25(3)7-6-24/h4-5,8,10-11,13,26H,6-7,9,12H2,1-3H3. The van der Waals surface area contributed by atoms with Crippen molar-refractivity contribution >= 4 is 29.1 Å². The van der Waals surface area contributed by atoms with E-state index in [2.05, 4.69) is 0 Å². The van der Waals surface area contributed by atoms with Gasteiger partial charge in [-0.3, -0.25) is 4.79 Å². The topological polar surface area (TPSA) is 49.8 Å². The minimum atomic E-state index is -0.607. The van der Waals surface area contributed by atoms with Crippen molar-refractivity contribution in [2.45, 2.75) is 26.2 Å². The summed E-state index contributed by atoms with van der Waals surface area (Å²) >= 11 is 12.8. The van der Waals surface area contributed by atoms with Crippen LogP contribution in [-0.4, -0.2) is 42.8 Å². The number of phenols is 1. The quantitative estimate of drug-likeness (QED) is 0.627. The summed E-state index contributed by atoms with van der Waals surface area (Å²) in [6, 6.07) is 8.65. The number of likely N-dealkylation sites (N-methyl/N-ethyl adjacent to an activating group) is 1. The predicted octanol–water partition coefficient (Wildman–Crippen LogP) is 5.22. The lowest BCUT2D eigenvalue weighted by Gasteiger charge is -2.16. The number of amides is 1. The number of phenolic OH excluding ortho intramolecular Hbond substituents is 1. The van der Waals surface area contributed by atoms with Gasteiger partial charge in [-0.2, -0.15) is 0 Å². The van der Waals surface area contributed by atoms with E-state index in [1.165, 1.54) is 11.9 Å². The van der Waals surface area contributed by atoms with Gasteiger partial charge >= 0.3 is 0 Å². The van der Waals surface area contributed by atoms with Gasteiger partial charge in [-0.1, -0.05) is 49.2 Å². The van der Waals surface area contributed by atoms with Crippen LogP contribution in [0.4, 0.5) is 4.39 Å². The highest BCUT2D eigenvalue weighted by molar-refractivity contribution is 6.36. The summed E-state index contributed by atoms with van der Waals surface area (Å²) in [6.07, 6.45) is 0.496. The van der Waals surface area contributed by atoms with Gasteiger partial charge < -0.3 is 14.7 Å². The molecule has 2 aromatic rings. The molecule has 0 spiro atoms. The summed E-state index contributed by atoms with van der Waals surface area (Å²) in [5.41, 5.74) is 2.57. The van der Waals surface area contributed by atoms with Gasteiger partial charge in [-0.15, -0.1) is 0 Å². The zero-order chi connectivity index (χ0) is 20.8. The number of hydrogen-bond donors (Lipinski definition) is 1. The van der Waals surface area contributed by atoms with Crippen LogP contribution in [-0.2, 0) is 11.2 Å². The number of benzene rings is 2. The van der Waals surface area contributed by atoms with E-state index in [0.717, 1.165) is 16.7 Å². The van der Waals surface area contributed by atoms with Gasteiger partial charge in [0.1, 0.15) is 18.2 Å². The highest BCUT2D eigenvalue weighted by Crippen LogP contribution is 2.34. The Balaban J connectivity index is 2.14. The summed E-state index contributed by atoms with van der Waals surface area (Å²) in [7, 11) is 1.51. The average molecular weight is 428 g/mol. The van der Waals surface area contributed by atoms with Gasteiger partial charge in [0.2, 0.25) is 0 Å². The highest BCUT2D eigenvalue weighted by Gasteiger charge is 2.14. The maximum absolute atomic E-state index is 12.3. The fourth-order valence-electron chi connectivity index (χ4n) is 2.72. The van der Waals surface area contributed by atoms with Crippen LogP contribution in [0.15, 0.2) is 30.3 Å². The summed E-state index contributed by atoms with van der Waals surface area (Å²) in [6.45, 7) is 3.21. The molecule has 0 atom stereocenters. The Morgan fingerprint density at radius 3 is 2.43 bits per heavy atom. The van der Waals surface area contributed by atoms with Gasteiger partial charge in [0.15, 0.2) is 6.61 Å². The molecule has 0 aliphatic carbocycles. The van der Waals surface area contributed by atoms with Crippen LogP contribution in [0.3, 0.4) is 0 Å². The third kappa shape index (κ3) is 5.76. The van der Waals surface area contributed by atoms with Crippen LogP contribution in [0, 0.1) is 0 Å². The lowest BCUT2D eigenvalue weighted by molar-refractivity contribution is -0.132. The van der Waals surface area contributed by atoms with E-state index in [1.807, 2.05) is 26.0 Å². The Labute approximate surface area is 174 Å². The normalized spacial score (nSPS) is 11.0. The Morgan fingerprint density at radius 2 is 1.86 bits per heavy atom. The zero-order valence-electron chi connectivity index (χ0n) is 16.1. The Hall–Kier alpha value is -1.98. The number of ether oxygens (including phenoxy) is 1. The highest BCUT2D eigenvalue weighted by atomic mass is 35.5. The van der Waals surface area contributed by atoms with Crippen LogP contribution in [0.5, 0.6) is 11.5 Å². The molecule has 0 radical (unpaired) electrons. The van der Waals surface area contributed by atoms with Gasteiger partial charge in [0.05, 0.1) is 0 Å². The molecule has 2 rings (SSSR count). The van der Waals surface area contributed by atoms with Gasteiger partial charge in [0.25, 0.3) is 5.91 Å². The molecule has 0 aliphatic heterocycles. The molecule has 1 N–H and O–H groups in total. The third-order valence-electron chi connectivity index (χ3n) is 4.42. The lowest BCUT2D eigenvalue weighted by Crippen LogP contribution is -2.32. The molecule has 0 aromatic heterocycles. The maximum atomic E-state index is 12.3. The summed E-state index contributed by atoms with van der Waals surface area (Å²) in [5.74, 6) is 0.491. The molecule has 0 fully saturated rings. The zero-order valence-corrected chi connectivity index (χ0v) is 17.6. The SMILES string of the molecule is CC(C)c1cc(Cc2c(Cl)cc(OCC(=O)N(C)CCF)cc2Cl)ccc1O. The number of nitrogens with zero attached hydrogens (tertiary/aromatic N) is 1. The van der Waals surface area contributed by atoms with Crippen LogP contribution in [0.25, 0.3) is 0 Å². The number of carbonyl (C=O) groups excluding carboxylic acids is 1. The number of halogens is 3. The van der Waals surface area contributed by atoms with Crippen molar-refractivity contribution in [3.63, 3.8) is 0 Å². The molecule has 0 unspecified atom stereocenters. The number of aromatic hydroxyl groups is 1. The van der Waals surface area contributed by atoms with Gasteiger partial charge in [-0.25, -0.2) is 4.39 Å². The molecule has 0 heterocycles. The van der Waals surface area contributed by atoms with Crippen molar-refractivity contribution in [1.82, 2.24) is 4.90 Å². The lowest BCUT2D eigenvalue weighted by atomic mass is 9.96. The maximum Gasteiger partial charge on any atom is 0.260 e. The first-order valence-electron chi connectivity index (χ1n) is 8.95. The Kier molecular flexibility index (Phi) is 7.96. The van der Waals surface area contributed by atoms with Crippen LogP contribution < -0.4 is 4.74 Å². The van der Waals surface area contributed by atoms with Gasteiger partial charge in [-0.05, 0) is 40.8 Å². The van der Waals surface area contributed by atoms with E-state index >= 15 is 0 Å². The second-order valence-electron chi connectivity index (χ2n) is 6.88. The van der Waals surface area contributed by atoms with Crippen LogP contribution in [0.2, 0.25) is 10.0 Å². The molecule has 1 amide bonds. The molecule has 152 valence electrons. The van der Waals surface area contributed by atoms with E-state index in [-0.39, 0.29) is 30.7 Å². The fourth-order valence-corrected chi connectivity index (χ4v) is 3.32. The third-order valence-corrected chi connectivity index (χ3v) is 5.09.